The molecule has 108 valence electrons. The second-order valence-electron chi connectivity index (χ2n) is 5.58. The Kier molecular flexibility index (Phi) is 4.29. The van der Waals surface area contributed by atoms with Gasteiger partial charge in [0.15, 0.2) is 6.10 Å². The monoisotopic (exact) mass is 337 g/mol. The molecular formula is C16H20BrNO2. The highest BCUT2D eigenvalue weighted by molar-refractivity contribution is 9.09. The number of alkyl halides is 1. The number of carbonyl (C=O) groups is 1. The van der Waals surface area contributed by atoms with E-state index in [9.17, 15) is 4.79 Å². The normalized spacial score (nSPS) is 25.1. The van der Waals surface area contributed by atoms with Gasteiger partial charge in [-0.15, -0.1) is 0 Å². The number of hydrogen-bond donors (Lipinski definition) is 0. The lowest BCUT2D eigenvalue weighted by molar-refractivity contribution is -0.141. The second kappa shape index (κ2) is 6.17. The van der Waals surface area contributed by atoms with Gasteiger partial charge in [-0.25, -0.2) is 0 Å². The molecule has 0 spiro atoms. The molecule has 3 rings (SSSR count). The van der Waals surface area contributed by atoms with Crippen LogP contribution in [0.25, 0.3) is 0 Å². The average Bonchev–Trinajstić information content (AvgIpc) is 2.91. The molecule has 0 N–H and O–H groups in total. The van der Waals surface area contributed by atoms with Crippen LogP contribution in [0.15, 0.2) is 24.3 Å². The number of halogens is 1. The minimum Gasteiger partial charge on any atom is -0.480 e. The van der Waals surface area contributed by atoms with Gasteiger partial charge in [0, 0.05) is 24.3 Å². The van der Waals surface area contributed by atoms with E-state index in [-0.39, 0.29) is 12.0 Å². The molecule has 1 fully saturated rings. The van der Waals surface area contributed by atoms with Gasteiger partial charge >= 0.3 is 0 Å². The Morgan fingerprint density at radius 3 is 3.00 bits per heavy atom. The van der Waals surface area contributed by atoms with Crippen LogP contribution in [0.1, 0.15) is 31.2 Å². The van der Waals surface area contributed by atoms with Crippen LogP contribution in [0.3, 0.4) is 0 Å². The molecule has 1 amide bonds. The van der Waals surface area contributed by atoms with Crippen LogP contribution in [0.2, 0.25) is 0 Å². The first-order valence-electron chi connectivity index (χ1n) is 7.40. The first kappa shape index (κ1) is 13.9. The number of para-hydroxylation sites is 1. The van der Waals surface area contributed by atoms with E-state index in [1.807, 2.05) is 18.2 Å². The number of ether oxygens (including phenoxy) is 1. The van der Waals surface area contributed by atoms with E-state index in [4.69, 9.17) is 4.74 Å². The number of nitrogens with zero attached hydrogens (tertiary/aromatic N) is 1. The van der Waals surface area contributed by atoms with Gasteiger partial charge in [-0.3, -0.25) is 4.79 Å². The van der Waals surface area contributed by atoms with Gasteiger partial charge in [-0.2, -0.15) is 0 Å². The molecule has 2 aliphatic heterocycles. The molecule has 0 saturated carbocycles. The number of piperidine rings is 1. The molecule has 0 aromatic heterocycles. The third kappa shape index (κ3) is 2.71. The number of amides is 1. The van der Waals surface area contributed by atoms with Crippen molar-refractivity contribution in [3.63, 3.8) is 0 Å². The van der Waals surface area contributed by atoms with E-state index in [2.05, 4.69) is 26.9 Å². The van der Waals surface area contributed by atoms with E-state index < -0.39 is 0 Å². The molecule has 1 aromatic rings. The molecule has 1 aromatic carbocycles. The summed E-state index contributed by atoms with van der Waals surface area (Å²) in [6, 6.07) is 8.34. The van der Waals surface area contributed by atoms with Crippen LogP contribution in [0.5, 0.6) is 5.75 Å². The summed E-state index contributed by atoms with van der Waals surface area (Å²) in [7, 11) is 0. The Hall–Kier alpha value is -1.03. The molecule has 2 unspecified atom stereocenters. The summed E-state index contributed by atoms with van der Waals surface area (Å²) in [4.78, 5) is 14.8. The van der Waals surface area contributed by atoms with Crippen molar-refractivity contribution in [1.29, 1.82) is 0 Å². The van der Waals surface area contributed by atoms with Crippen molar-refractivity contribution >= 4 is 21.8 Å². The van der Waals surface area contributed by atoms with E-state index >= 15 is 0 Å². The molecule has 4 heteroatoms. The largest absolute Gasteiger partial charge is 0.480 e. The van der Waals surface area contributed by atoms with Crippen molar-refractivity contribution in [2.24, 2.45) is 0 Å². The lowest BCUT2D eigenvalue weighted by Crippen LogP contribution is -2.49. The molecular weight excluding hydrogens is 318 g/mol. The van der Waals surface area contributed by atoms with Crippen molar-refractivity contribution in [1.82, 2.24) is 4.90 Å². The molecule has 3 nitrogen and oxygen atoms in total. The maximum Gasteiger partial charge on any atom is 0.264 e. The predicted octanol–water partition coefficient (Wildman–Crippen LogP) is 3.16. The molecule has 2 atom stereocenters. The fourth-order valence-corrected chi connectivity index (χ4v) is 3.75. The Labute approximate surface area is 128 Å². The van der Waals surface area contributed by atoms with Crippen LogP contribution < -0.4 is 4.74 Å². The van der Waals surface area contributed by atoms with Gasteiger partial charge in [0.1, 0.15) is 5.75 Å². The highest BCUT2D eigenvalue weighted by Gasteiger charge is 2.35. The van der Waals surface area contributed by atoms with Crippen LogP contribution in [-0.4, -0.2) is 34.8 Å². The number of benzene rings is 1. The van der Waals surface area contributed by atoms with Crippen molar-refractivity contribution in [3.8, 4) is 5.75 Å². The highest BCUT2D eigenvalue weighted by atomic mass is 79.9. The van der Waals surface area contributed by atoms with E-state index in [1.165, 1.54) is 6.42 Å². The zero-order chi connectivity index (χ0) is 13.9. The summed E-state index contributed by atoms with van der Waals surface area (Å²) in [6.07, 6.45) is 4.90. The van der Waals surface area contributed by atoms with Crippen molar-refractivity contribution in [3.05, 3.63) is 29.8 Å². The summed E-state index contributed by atoms with van der Waals surface area (Å²) >= 11 is 3.50. The summed E-state index contributed by atoms with van der Waals surface area (Å²) in [5, 5.41) is 0.952. The van der Waals surface area contributed by atoms with Crippen molar-refractivity contribution in [2.75, 3.05) is 11.9 Å². The molecule has 1 saturated heterocycles. The summed E-state index contributed by atoms with van der Waals surface area (Å²) in [5.41, 5.74) is 1.15. The smallest absolute Gasteiger partial charge is 0.264 e. The molecule has 0 bridgehead atoms. The molecule has 2 aliphatic rings. The van der Waals surface area contributed by atoms with Crippen LogP contribution in [-0.2, 0) is 11.2 Å². The molecule has 0 radical (unpaired) electrons. The maximum absolute atomic E-state index is 12.7. The van der Waals surface area contributed by atoms with E-state index in [0.29, 0.717) is 12.5 Å². The molecule has 2 heterocycles. The fourth-order valence-electron chi connectivity index (χ4n) is 3.22. The summed E-state index contributed by atoms with van der Waals surface area (Å²) in [5.74, 6) is 1.05. The zero-order valence-corrected chi connectivity index (χ0v) is 13.1. The SMILES string of the molecule is O=C(C1Cc2ccccc2O1)N1CCCCC1CCBr. The second-order valence-corrected chi connectivity index (χ2v) is 6.37. The van der Waals surface area contributed by atoms with Crippen molar-refractivity contribution < 1.29 is 9.53 Å². The van der Waals surface area contributed by atoms with Crippen molar-refractivity contribution in [2.45, 2.75) is 44.2 Å². The van der Waals surface area contributed by atoms with Gasteiger partial charge in [0.2, 0.25) is 0 Å². The summed E-state index contributed by atoms with van der Waals surface area (Å²) < 4.78 is 5.85. The van der Waals surface area contributed by atoms with Crippen LogP contribution in [0.4, 0.5) is 0 Å². The first-order valence-corrected chi connectivity index (χ1v) is 8.53. The number of rotatable bonds is 3. The average molecular weight is 338 g/mol. The maximum atomic E-state index is 12.7. The minimum absolute atomic E-state index is 0.173. The third-order valence-electron chi connectivity index (χ3n) is 4.28. The van der Waals surface area contributed by atoms with E-state index in [1.54, 1.807) is 0 Å². The first-order chi connectivity index (χ1) is 9.79. The minimum atomic E-state index is -0.316. The lowest BCUT2D eigenvalue weighted by Gasteiger charge is -2.36. The number of likely N-dealkylation sites (tertiary alicyclic amines) is 1. The van der Waals surface area contributed by atoms with Gasteiger partial charge in [0.25, 0.3) is 5.91 Å². The van der Waals surface area contributed by atoms with Gasteiger partial charge in [-0.1, -0.05) is 34.1 Å². The third-order valence-corrected chi connectivity index (χ3v) is 4.73. The molecule has 0 aliphatic carbocycles. The molecule has 20 heavy (non-hydrogen) atoms. The lowest BCUT2D eigenvalue weighted by atomic mass is 9.98. The number of fused-ring (bicyclic) bond motifs is 1. The fraction of sp³-hybridized carbons (Fsp3) is 0.562. The van der Waals surface area contributed by atoms with E-state index in [0.717, 1.165) is 42.5 Å². The van der Waals surface area contributed by atoms with Gasteiger partial charge in [-0.05, 0) is 37.3 Å². The summed E-state index contributed by atoms with van der Waals surface area (Å²) in [6.45, 7) is 0.882. The van der Waals surface area contributed by atoms with Gasteiger partial charge < -0.3 is 9.64 Å². The van der Waals surface area contributed by atoms with Crippen LogP contribution >= 0.6 is 15.9 Å². The quantitative estimate of drug-likeness (QED) is 0.793. The Bertz CT molecular complexity index is 464. The Balaban J connectivity index is 1.70. The zero-order valence-electron chi connectivity index (χ0n) is 11.6. The number of hydrogen-bond acceptors (Lipinski definition) is 2. The highest BCUT2D eigenvalue weighted by Crippen LogP contribution is 2.30. The Morgan fingerprint density at radius 1 is 1.35 bits per heavy atom. The topological polar surface area (TPSA) is 29.5 Å². The standard InChI is InChI=1S/C16H20BrNO2/c17-9-8-13-6-3-4-10-18(13)16(19)15-11-12-5-1-2-7-14(12)20-15/h1-2,5,7,13,15H,3-4,6,8-11H2. The van der Waals surface area contributed by atoms with Crippen LogP contribution in [0, 0.1) is 0 Å². The van der Waals surface area contributed by atoms with Gasteiger partial charge in [0.05, 0.1) is 0 Å². The Morgan fingerprint density at radius 2 is 2.20 bits per heavy atom. The predicted molar refractivity (Wildman–Crippen MR) is 82.3 cm³/mol. The number of carbonyl (C=O) groups excluding carboxylic acids is 1.